The van der Waals surface area contributed by atoms with Gasteiger partial charge in [-0.25, -0.2) is 0 Å². The summed E-state index contributed by atoms with van der Waals surface area (Å²) >= 11 is 0. The number of ketones is 1. The van der Waals surface area contributed by atoms with E-state index in [2.05, 4.69) is 194 Å². The molecule has 0 saturated carbocycles. The summed E-state index contributed by atoms with van der Waals surface area (Å²) in [5, 5.41) is 0. The molecule has 1 heteroatoms. The lowest BCUT2D eigenvalue weighted by Crippen LogP contribution is -2.03. The minimum Gasteiger partial charge on any atom is -0.289 e. The molecule has 0 atom stereocenters. The topological polar surface area (TPSA) is 17.1 Å². The molecule has 0 unspecified atom stereocenters. The van der Waals surface area contributed by atoms with E-state index in [1.54, 1.807) is 0 Å². The van der Waals surface area contributed by atoms with E-state index >= 15 is 4.79 Å². The molecule has 0 aromatic heterocycles. The van der Waals surface area contributed by atoms with Crippen molar-refractivity contribution in [1.82, 2.24) is 0 Å². The summed E-state index contributed by atoms with van der Waals surface area (Å²) in [4.78, 5) is 15.0. The van der Waals surface area contributed by atoms with Crippen LogP contribution in [0.1, 0.15) is 15.9 Å². The molecule has 292 valence electrons. The average molecular weight is 791 g/mol. The van der Waals surface area contributed by atoms with Gasteiger partial charge in [0.15, 0.2) is 5.78 Å². The maximum atomic E-state index is 15.0. The fourth-order valence-corrected chi connectivity index (χ4v) is 8.54. The standard InChI is InChI=1S/C61H42O/c62-61(56-37-51(43-20-7-1-8-21-43)35-52(38-56)44-22-9-2-10-23-44)57-39-53(45-24-11-3-12-25-45)36-54(40-57)49-32-19-33-50(34-49)60-58(47-28-15-5-16-29-47)41-55(46-26-13-4-14-27-46)42-59(60)48-30-17-6-18-31-48/h1-42H. The molecule has 0 N–H and O–H groups in total. The van der Waals surface area contributed by atoms with Crippen molar-refractivity contribution < 1.29 is 4.79 Å². The summed E-state index contributed by atoms with van der Waals surface area (Å²) in [5.74, 6) is -0.0237. The first-order valence-corrected chi connectivity index (χ1v) is 21.1. The lowest BCUT2D eigenvalue weighted by atomic mass is 9.84. The molecule has 0 bridgehead atoms. The summed E-state index contributed by atoms with van der Waals surface area (Å²) in [7, 11) is 0. The molecule has 0 radical (unpaired) electrons. The Hall–Kier alpha value is -8.13. The van der Waals surface area contributed by atoms with E-state index in [1.165, 1.54) is 5.56 Å². The first-order chi connectivity index (χ1) is 30.6. The van der Waals surface area contributed by atoms with Crippen LogP contribution in [0.15, 0.2) is 255 Å². The van der Waals surface area contributed by atoms with Crippen LogP contribution >= 0.6 is 0 Å². The molecule has 0 amide bonds. The van der Waals surface area contributed by atoms with Crippen LogP contribution in [-0.4, -0.2) is 5.78 Å². The molecule has 62 heavy (non-hydrogen) atoms. The van der Waals surface area contributed by atoms with E-state index in [-0.39, 0.29) is 5.78 Å². The quantitative estimate of drug-likeness (QED) is 0.126. The SMILES string of the molecule is O=C(c1cc(-c2ccccc2)cc(-c2ccccc2)c1)c1cc(-c2ccccc2)cc(-c2cccc(-c3c(-c4ccccc4)cc(-c4ccccc4)cc3-c3ccccc3)c2)c1. The van der Waals surface area contributed by atoms with Gasteiger partial charge >= 0.3 is 0 Å². The number of hydrogen-bond donors (Lipinski definition) is 0. The van der Waals surface area contributed by atoms with Crippen molar-refractivity contribution in [2.75, 3.05) is 0 Å². The van der Waals surface area contributed by atoms with E-state index in [9.17, 15) is 0 Å². The lowest BCUT2D eigenvalue weighted by molar-refractivity contribution is 0.103. The summed E-state index contributed by atoms with van der Waals surface area (Å²) in [6, 6.07) is 89.0. The van der Waals surface area contributed by atoms with Crippen LogP contribution in [0.5, 0.6) is 0 Å². The molecule has 0 spiro atoms. The molecular formula is C61H42O. The van der Waals surface area contributed by atoms with Crippen molar-refractivity contribution >= 4 is 5.78 Å². The molecule has 0 aliphatic carbocycles. The zero-order chi connectivity index (χ0) is 41.7. The average Bonchev–Trinajstić information content (AvgIpc) is 3.37. The van der Waals surface area contributed by atoms with Crippen LogP contribution in [0.2, 0.25) is 0 Å². The highest BCUT2D eigenvalue weighted by Gasteiger charge is 2.20. The van der Waals surface area contributed by atoms with Crippen molar-refractivity contribution in [2.45, 2.75) is 0 Å². The largest absolute Gasteiger partial charge is 0.289 e. The highest BCUT2D eigenvalue weighted by molar-refractivity contribution is 6.11. The first kappa shape index (κ1) is 38.1. The van der Waals surface area contributed by atoms with Gasteiger partial charge in [-0.15, -0.1) is 0 Å². The predicted octanol–water partition coefficient (Wildman–Crippen LogP) is 16.3. The van der Waals surface area contributed by atoms with Crippen molar-refractivity contribution in [2.24, 2.45) is 0 Å². The molecule has 0 heterocycles. The fraction of sp³-hybridized carbons (Fsp3) is 0. The Morgan fingerprint density at radius 3 is 0.823 bits per heavy atom. The third-order valence-corrected chi connectivity index (χ3v) is 11.6. The number of benzene rings is 10. The molecule has 1 nitrogen and oxygen atoms in total. The summed E-state index contributed by atoms with van der Waals surface area (Å²) < 4.78 is 0. The van der Waals surface area contributed by atoms with Gasteiger partial charge in [0.2, 0.25) is 0 Å². The molecule has 10 rings (SSSR count). The third-order valence-electron chi connectivity index (χ3n) is 11.6. The minimum absolute atomic E-state index is 0.0237. The number of carbonyl (C=O) groups excluding carboxylic acids is 1. The Morgan fingerprint density at radius 2 is 0.468 bits per heavy atom. The van der Waals surface area contributed by atoms with Crippen LogP contribution in [0.4, 0.5) is 0 Å². The second kappa shape index (κ2) is 17.2. The van der Waals surface area contributed by atoms with Crippen molar-refractivity contribution in [3.63, 3.8) is 0 Å². The second-order valence-electron chi connectivity index (χ2n) is 15.7. The molecule has 0 fully saturated rings. The minimum atomic E-state index is -0.0237. The Bertz CT molecular complexity index is 3020. The van der Waals surface area contributed by atoms with Gasteiger partial charge in [0.1, 0.15) is 0 Å². The highest BCUT2D eigenvalue weighted by atomic mass is 16.1. The van der Waals surface area contributed by atoms with E-state index in [0.29, 0.717) is 11.1 Å². The maximum Gasteiger partial charge on any atom is 0.193 e. The van der Waals surface area contributed by atoms with E-state index < -0.39 is 0 Å². The highest BCUT2D eigenvalue weighted by Crippen LogP contribution is 2.44. The monoisotopic (exact) mass is 790 g/mol. The number of rotatable bonds is 10. The Labute approximate surface area is 363 Å². The molecule has 10 aromatic carbocycles. The predicted molar refractivity (Wildman–Crippen MR) is 260 cm³/mol. The first-order valence-electron chi connectivity index (χ1n) is 21.1. The fourth-order valence-electron chi connectivity index (χ4n) is 8.54. The Balaban J connectivity index is 1.15. The summed E-state index contributed by atoms with van der Waals surface area (Å²) in [6.45, 7) is 0. The Morgan fingerprint density at radius 1 is 0.210 bits per heavy atom. The van der Waals surface area contributed by atoms with Gasteiger partial charge in [0.05, 0.1) is 0 Å². The van der Waals surface area contributed by atoms with E-state index in [4.69, 9.17) is 0 Å². The van der Waals surface area contributed by atoms with Gasteiger partial charge in [-0.1, -0.05) is 200 Å². The van der Waals surface area contributed by atoms with Crippen LogP contribution in [0.25, 0.3) is 89.0 Å². The Kier molecular flexibility index (Phi) is 10.6. The smallest absolute Gasteiger partial charge is 0.193 e. The third kappa shape index (κ3) is 7.96. The van der Waals surface area contributed by atoms with Crippen molar-refractivity contribution in [1.29, 1.82) is 0 Å². The van der Waals surface area contributed by atoms with Crippen molar-refractivity contribution in [3.8, 4) is 89.0 Å². The molecular weight excluding hydrogens is 749 g/mol. The second-order valence-corrected chi connectivity index (χ2v) is 15.7. The van der Waals surface area contributed by atoms with Gasteiger partial charge in [0, 0.05) is 11.1 Å². The van der Waals surface area contributed by atoms with Crippen LogP contribution < -0.4 is 0 Å². The zero-order valence-electron chi connectivity index (χ0n) is 34.2. The molecule has 10 aromatic rings. The van der Waals surface area contributed by atoms with Crippen LogP contribution in [-0.2, 0) is 0 Å². The number of carbonyl (C=O) groups is 1. The van der Waals surface area contributed by atoms with E-state index in [0.717, 1.165) is 83.5 Å². The van der Waals surface area contributed by atoms with Gasteiger partial charge < -0.3 is 0 Å². The van der Waals surface area contributed by atoms with Gasteiger partial charge in [-0.05, 0) is 144 Å². The van der Waals surface area contributed by atoms with Crippen LogP contribution in [0, 0.1) is 0 Å². The van der Waals surface area contributed by atoms with Crippen LogP contribution in [0.3, 0.4) is 0 Å². The maximum absolute atomic E-state index is 15.0. The molecule has 0 saturated heterocycles. The summed E-state index contributed by atoms with van der Waals surface area (Å²) in [5.41, 5.74) is 18.7. The lowest BCUT2D eigenvalue weighted by Gasteiger charge is -2.20. The normalized spacial score (nSPS) is 11.0. The number of hydrogen-bond acceptors (Lipinski definition) is 1. The van der Waals surface area contributed by atoms with Crippen molar-refractivity contribution in [3.05, 3.63) is 266 Å². The van der Waals surface area contributed by atoms with Gasteiger partial charge in [0.25, 0.3) is 0 Å². The van der Waals surface area contributed by atoms with Gasteiger partial charge in [-0.3, -0.25) is 4.79 Å². The zero-order valence-corrected chi connectivity index (χ0v) is 34.2. The molecule has 0 aliphatic heterocycles. The summed E-state index contributed by atoms with van der Waals surface area (Å²) in [6.07, 6.45) is 0. The molecule has 0 aliphatic rings. The van der Waals surface area contributed by atoms with Gasteiger partial charge in [-0.2, -0.15) is 0 Å². The van der Waals surface area contributed by atoms with E-state index in [1.807, 2.05) is 60.7 Å².